The summed E-state index contributed by atoms with van der Waals surface area (Å²) in [6.45, 7) is 0. The Labute approximate surface area is 121 Å². The minimum atomic E-state index is 0.835. The molecule has 0 amide bonds. The number of hydrogen-bond acceptors (Lipinski definition) is 4. The summed E-state index contributed by atoms with van der Waals surface area (Å²) in [5, 5.41) is 3.15. The number of ether oxygens (including phenoxy) is 1. The van der Waals surface area contributed by atoms with Crippen LogP contribution in [0.15, 0.2) is 54.0 Å². The van der Waals surface area contributed by atoms with Gasteiger partial charge < -0.3 is 4.74 Å². The number of methoxy groups -OCH3 is 1. The molecule has 0 unspecified atom stereocenters. The Morgan fingerprint density at radius 3 is 2.60 bits per heavy atom. The first-order valence-electron chi connectivity index (χ1n) is 6.34. The summed E-state index contributed by atoms with van der Waals surface area (Å²) >= 11 is 1.67. The van der Waals surface area contributed by atoms with Crippen LogP contribution in [0.2, 0.25) is 0 Å². The van der Waals surface area contributed by atoms with E-state index in [2.05, 4.69) is 27.5 Å². The highest BCUT2D eigenvalue weighted by Gasteiger charge is 2.06. The lowest BCUT2D eigenvalue weighted by molar-refractivity contribution is 0.414. The van der Waals surface area contributed by atoms with E-state index in [4.69, 9.17) is 4.74 Å². The fourth-order valence-electron chi connectivity index (χ4n) is 1.94. The van der Waals surface area contributed by atoms with Gasteiger partial charge in [0.25, 0.3) is 0 Å². The summed E-state index contributed by atoms with van der Waals surface area (Å²) < 4.78 is 5.16. The van der Waals surface area contributed by atoms with E-state index in [0.29, 0.717) is 0 Å². The van der Waals surface area contributed by atoms with Crippen LogP contribution in [-0.4, -0.2) is 17.1 Å². The van der Waals surface area contributed by atoms with Crippen LogP contribution < -0.4 is 4.74 Å². The summed E-state index contributed by atoms with van der Waals surface area (Å²) in [7, 11) is 1.68. The third-order valence-electron chi connectivity index (χ3n) is 2.99. The van der Waals surface area contributed by atoms with E-state index in [1.54, 1.807) is 24.6 Å². The summed E-state index contributed by atoms with van der Waals surface area (Å²) in [4.78, 5) is 8.96. The molecule has 20 heavy (non-hydrogen) atoms. The van der Waals surface area contributed by atoms with Crippen molar-refractivity contribution in [1.82, 2.24) is 9.97 Å². The highest BCUT2D eigenvalue weighted by Crippen LogP contribution is 2.22. The van der Waals surface area contributed by atoms with Crippen LogP contribution in [0.1, 0.15) is 10.6 Å². The van der Waals surface area contributed by atoms with E-state index in [9.17, 15) is 0 Å². The largest absolute Gasteiger partial charge is 0.497 e. The summed E-state index contributed by atoms with van der Waals surface area (Å²) in [6.07, 6.45) is 2.62. The Balaban J connectivity index is 1.77. The van der Waals surface area contributed by atoms with Gasteiger partial charge in [0.05, 0.1) is 23.5 Å². The zero-order valence-corrected chi connectivity index (χ0v) is 11.9. The molecule has 100 valence electrons. The lowest BCUT2D eigenvalue weighted by atomic mass is 10.1. The number of aromatic nitrogens is 2. The maximum atomic E-state index is 5.16. The van der Waals surface area contributed by atoms with Crippen LogP contribution in [0.5, 0.6) is 5.75 Å². The van der Waals surface area contributed by atoms with Crippen molar-refractivity contribution in [3.63, 3.8) is 0 Å². The summed E-state index contributed by atoms with van der Waals surface area (Å²) in [5.41, 5.74) is 3.09. The van der Waals surface area contributed by atoms with Gasteiger partial charge in [-0.1, -0.05) is 18.2 Å². The van der Waals surface area contributed by atoms with Crippen LogP contribution in [0.4, 0.5) is 0 Å². The molecule has 3 rings (SSSR count). The monoisotopic (exact) mass is 282 g/mol. The molecule has 3 nitrogen and oxygen atoms in total. The fourth-order valence-corrected chi connectivity index (χ4v) is 2.76. The second kappa shape index (κ2) is 5.84. The van der Waals surface area contributed by atoms with Gasteiger partial charge >= 0.3 is 0 Å². The van der Waals surface area contributed by atoms with E-state index in [1.807, 2.05) is 30.3 Å². The molecular weight excluding hydrogens is 268 g/mol. The Morgan fingerprint density at radius 2 is 1.90 bits per heavy atom. The zero-order chi connectivity index (χ0) is 13.8. The average molecular weight is 282 g/mol. The number of thiazole rings is 1. The molecule has 0 saturated heterocycles. The maximum absolute atomic E-state index is 5.16. The highest BCUT2D eigenvalue weighted by atomic mass is 32.1. The van der Waals surface area contributed by atoms with Crippen molar-refractivity contribution in [3.05, 3.63) is 64.6 Å². The van der Waals surface area contributed by atoms with Gasteiger partial charge in [0.1, 0.15) is 5.75 Å². The van der Waals surface area contributed by atoms with Gasteiger partial charge in [-0.25, -0.2) is 4.98 Å². The van der Waals surface area contributed by atoms with E-state index >= 15 is 0 Å². The number of benzene rings is 1. The standard InChI is InChI=1S/C16H14N2OS/c1-19-13-7-5-12(6-8-13)10-16-18-15(11-20-16)14-4-2-3-9-17-14/h2-9,11H,10H2,1H3. The van der Waals surface area contributed by atoms with Crippen LogP contribution in [0.25, 0.3) is 11.4 Å². The lowest BCUT2D eigenvalue weighted by Gasteiger charge is -2.01. The molecule has 0 aliphatic heterocycles. The van der Waals surface area contributed by atoms with Gasteiger partial charge in [0.2, 0.25) is 0 Å². The number of hydrogen-bond donors (Lipinski definition) is 0. The zero-order valence-electron chi connectivity index (χ0n) is 11.1. The van der Waals surface area contributed by atoms with Crippen LogP contribution >= 0.6 is 11.3 Å². The Bertz CT molecular complexity index is 677. The minimum Gasteiger partial charge on any atom is -0.497 e. The van der Waals surface area contributed by atoms with E-state index in [1.165, 1.54) is 5.56 Å². The van der Waals surface area contributed by atoms with Gasteiger partial charge in [-0.2, -0.15) is 0 Å². The molecule has 4 heteroatoms. The second-order valence-electron chi connectivity index (χ2n) is 4.37. The molecule has 1 aromatic carbocycles. The van der Waals surface area contributed by atoms with Gasteiger partial charge in [-0.05, 0) is 29.8 Å². The summed E-state index contributed by atoms with van der Waals surface area (Å²) in [5.74, 6) is 0.877. The smallest absolute Gasteiger partial charge is 0.118 e. The highest BCUT2D eigenvalue weighted by molar-refractivity contribution is 7.10. The molecule has 0 spiro atoms. The van der Waals surface area contributed by atoms with Crippen molar-refractivity contribution >= 4 is 11.3 Å². The molecular formula is C16H14N2OS. The second-order valence-corrected chi connectivity index (χ2v) is 5.31. The predicted molar refractivity (Wildman–Crippen MR) is 81.1 cm³/mol. The van der Waals surface area contributed by atoms with Gasteiger partial charge in [-0.3, -0.25) is 4.98 Å². The molecule has 2 aromatic heterocycles. The maximum Gasteiger partial charge on any atom is 0.118 e. The average Bonchev–Trinajstić information content (AvgIpc) is 2.97. The number of pyridine rings is 1. The van der Waals surface area contributed by atoms with Crippen molar-refractivity contribution < 1.29 is 4.74 Å². The van der Waals surface area contributed by atoms with Crippen LogP contribution in [0.3, 0.4) is 0 Å². The first-order chi connectivity index (χ1) is 9.85. The normalized spacial score (nSPS) is 10.4. The van der Waals surface area contributed by atoms with Gasteiger partial charge in [0, 0.05) is 18.0 Å². The Hall–Kier alpha value is -2.20. The van der Waals surface area contributed by atoms with Gasteiger partial charge in [0.15, 0.2) is 0 Å². The van der Waals surface area contributed by atoms with Crippen LogP contribution in [0, 0.1) is 0 Å². The van der Waals surface area contributed by atoms with Crippen molar-refractivity contribution in [2.24, 2.45) is 0 Å². The van der Waals surface area contributed by atoms with Crippen molar-refractivity contribution in [2.75, 3.05) is 7.11 Å². The molecule has 3 aromatic rings. The first kappa shape index (κ1) is 12.8. The molecule has 0 fully saturated rings. The third-order valence-corrected chi connectivity index (χ3v) is 3.84. The van der Waals surface area contributed by atoms with Crippen molar-refractivity contribution in [2.45, 2.75) is 6.42 Å². The topological polar surface area (TPSA) is 35.0 Å². The van der Waals surface area contributed by atoms with Crippen molar-refractivity contribution in [1.29, 1.82) is 0 Å². The fraction of sp³-hybridized carbons (Fsp3) is 0.125. The molecule has 0 bridgehead atoms. The minimum absolute atomic E-state index is 0.835. The van der Waals surface area contributed by atoms with Crippen molar-refractivity contribution in [3.8, 4) is 17.1 Å². The first-order valence-corrected chi connectivity index (χ1v) is 7.22. The van der Waals surface area contributed by atoms with E-state index < -0.39 is 0 Å². The molecule has 0 radical (unpaired) electrons. The molecule has 0 aliphatic carbocycles. The SMILES string of the molecule is COc1ccc(Cc2nc(-c3ccccn3)cs2)cc1. The lowest BCUT2D eigenvalue weighted by Crippen LogP contribution is -1.89. The third kappa shape index (κ3) is 2.86. The molecule has 0 aliphatic rings. The Kier molecular flexibility index (Phi) is 3.74. The number of rotatable bonds is 4. The molecule has 2 heterocycles. The summed E-state index contributed by atoms with van der Waals surface area (Å²) in [6, 6.07) is 14.0. The predicted octanol–water partition coefficient (Wildman–Crippen LogP) is 3.80. The van der Waals surface area contributed by atoms with Gasteiger partial charge in [-0.15, -0.1) is 11.3 Å². The van der Waals surface area contributed by atoms with E-state index in [0.717, 1.165) is 28.6 Å². The Morgan fingerprint density at radius 1 is 1.05 bits per heavy atom. The van der Waals surface area contributed by atoms with Crippen LogP contribution in [-0.2, 0) is 6.42 Å². The van der Waals surface area contributed by atoms with E-state index in [-0.39, 0.29) is 0 Å². The molecule has 0 atom stereocenters. The molecule has 0 saturated carbocycles. The number of nitrogens with zero attached hydrogens (tertiary/aromatic N) is 2. The molecule has 0 N–H and O–H groups in total. The quantitative estimate of drug-likeness (QED) is 0.730.